The maximum absolute atomic E-state index is 13.4. The highest BCUT2D eigenvalue weighted by molar-refractivity contribution is 7.99. The zero-order valence-electron chi connectivity index (χ0n) is 13.1. The number of thioether (sulfide) groups is 1. The van der Waals surface area contributed by atoms with Crippen molar-refractivity contribution in [3.05, 3.63) is 58.9 Å². The van der Waals surface area contributed by atoms with Gasteiger partial charge in [0.25, 0.3) is 0 Å². The predicted octanol–water partition coefficient (Wildman–Crippen LogP) is 3.49. The van der Waals surface area contributed by atoms with Crippen LogP contribution < -0.4 is 5.32 Å². The summed E-state index contributed by atoms with van der Waals surface area (Å²) in [5, 5.41) is 15.0. The largest absolute Gasteiger partial charge is 0.325 e. The second-order valence-corrected chi connectivity index (χ2v) is 6.53. The molecule has 1 aromatic heterocycles. The fraction of sp³-hybridized carbons (Fsp3) is 0.125. The van der Waals surface area contributed by atoms with Gasteiger partial charge in [-0.2, -0.15) is 4.68 Å². The summed E-state index contributed by atoms with van der Waals surface area (Å²) in [5.41, 5.74) is 2.05. The summed E-state index contributed by atoms with van der Waals surface area (Å²) in [5.74, 6) is -0.510. The number of rotatable bonds is 5. The fourth-order valence-corrected chi connectivity index (χ4v) is 2.95. The van der Waals surface area contributed by atoms with Crippen molar-refractivity contribution in [3.8, 4) is 5.69 Å². The van der Waals surface area contributed by atoms with Gasteiger partial charge in [0.15, 0.2) is 0 Å². The summed E-state index contributed by atoms with van der Waals surface area (Å²) in [6, 6.07) is 11.2. The molecule has 128 valence electrons. The van der Waals surface area contributed by atoms with Gasteiger partial charge in [-0.25, -0.2) is 4.39 Å². The van der Waals surface area contributed by atoms with E-state index in [9.17, 15) is 9.18 Å². The van der Waals surface area contributed by atoms with E-state index in [-0.39, 0.29) is 11.7 Å². The van der Waals surface area contributed by atoms with Crippen LogP contribution in [0.1, 0.15) is 5.56 Å². The van der Waals surface area contributed by atoms with E-state index in [0.29, 0.717) is 21.6 Å². The van der Waals surface area contributed by atoms with Gasteiger partial charge in [0.1, 0.15) is 5.82 Å². The average Bonchev–Trinajstić information content (AvgIpc) is 3.05. The molecule has 9 heteroatoms. The maximum atomic E-state index is 13.4. The normalized spacial score (nSPS) is 10.7. The third kappa shape index (κ3) is 4.34. The molecule has 0 bridgehead atoms. The zero-order chi connectivity index (χ0) is 17.8. The lowest BCUT2D eigenvalue weighted by Crippen LogP contribution is -2.15. The summed E-state index contributed by atoms with van der Waals surface area (Å²) >= 11 is 7.09. The number of hydrogen-bond donors (Lipinski definition) is 1. The topological polar surface area (TPSA) is 72.7 Å². The number of carbonyl (C=O) groups is 1. The molecule has 3 aromatic rings. The minimum absolute atomic E-state index is 0.0989. The number of amides is 1. The number of anilines is 1. The standard InChI is InChI=1S/C16H13ClFN5OS/c1-10-5-6-11(17)7-14(10)19-15(24)9-25-16-20-21-22-23(16)13-4-2-3-12(18)8-13/h2-8H,9H2,1H3,(H,19,24). The van der Waals surface area contributed by atoms with Crippen molar-refractivity contribution in [2.45, 2.75) is 12.1 Å². The number of nitrogens with one attached hydrogen (secondary N) is 1. The summed E-state index contributed by atoms with van der Waals surface area (Å²) in [4.78, 5) is 12.2. The van der Waals surface area contributed by atoms with Crippen molar-refractivity contribution in [2.24, 2.45) is 0 Å². The van der Waals surface area contributed by atoms with Crippen molar-refractivity contribution < 1.29 is 9.18 Å². The molecule has 0 aliphatic rings. The van der Waals surface area contributed by atoms with E-state index in [1.54, 1.807) is 24.3 Å². The third-order valence-electron chi connectivity index (χ3n) is 3.30. The van der Waals surface area contributed by atoms with Gasteiger partial charge in [-0.3, -0.25) is 4.79 Å². The zero-order valence-corrected chi connectivity index (χ0v) is 14.7. The van der Waals surface area contributed by atoms with Crippen molar-refractivity contribution in [2.75, 3.05) is 11.1 Å². The Morgan fingerprint density at radius 2 is 2.16 bits per heavy atom. The lowest BCUT2D eigenvalue weighted by atomic mass is 10.2. The molecule has 0 atom stereocenters. The van der Waals surface area contributed by atoms with Crippen LogP contribution in [0, 0.1) is 12.7 Å². The summed E-state index contributed by atoms with van der Waals surface area (Å²) in [7, 11) is 0. The van der Waals surface area contributed by atoms with Crippen LogP contribution >= 0.6 is 23.4 Å². The van der Waals surface area contributed by atoms with Crippen molar-refractivity contribution in [1.82, 2.24) is 20.2 Å². The second kappa shape index (κ2) is 7.62. The molecule has 1 N–H and O–H groups in total. The van der Waals surface area contributed by atoms with Gasteiger partial charge in [-0.1, -0.05) is 35.5 Å². The first kappa shape index (κ1) is 17.4. The Kier molecular flexibility index (Phi) is 5.30. The van der Waals surface area contributed by atoms with Crippen molar-refractivity contribution >= 4 is 35.0 Å². The first-order valence-corrected chi connectivity index (χ1v) is 8.62. The number of carbonyl (C=O) groups excluding carboxylic acids is 1. The van der Waals surface area contributed by atoms with Crippen LogP contribution in [0.2, 0.25) is 5.02 Å². The van der Waals surface area contributed by atoms with E-state index in [1.807, 2.05) is 13.0 Å². The number of aryl methyl sites for hydroxylation is 1. The van der Waals surface area contributed by atoms with Crippen LogP contribution in [0.25, 0.3) is 5.69 Å². The molecular weight excluding hydrogens is 365 g/mol. The van der Waals surface area contributed by atoms with Crippen LogP contribution in [0.15, 0.2) is 47.6 Å². The van der Waals surface area contributed by atoms with Crippen LogP contribution in [0.3, 0.4) is 0 Å². The SMILES string of the molecule is Cc1ccc(Cl)cc1NC(=O)CSc1nnnn1-c1cccc(F)c1. The lowest BCUT2D eigenvalue weighted by Gasteiger charge is -2.08. The van der Waals surface area contributed by atoms with E-state index < -0.39 is 5.82 Å². The van der Waals surface area contributed by atoms with Gasteiger partial charge in [-0.05, 0) is 53.2 Å². The first-order chi connectivity index (χ1) is 12.0. The van der Waals surface area contributed by atoms with Gasteiger partial charge in [0.2, 0.25) is 11.1 Å². The molecule has 1 heterocycles. The van der Waals surface area contributed by atoms with Crippen molar-refractivity contribution in [3.63, 3.8) is 0 Å². The van der Waals surface area contributed by atoms with Gasteiger partial charge >= 0.3 is 0 Å². The van der Waals surface area contributed by atoms with E-state index in [2.05, 4.69) is 20.8 Å². The first-order valence-electron chi connectivity index (χ1n) is 7.26. The number of halogens is 2. The molecule has 6 nitrogen and oxygen atoms in total. The maximum Gasteiger partial charge on any atom is 0.234 e. The monoisotopic (exact) mass is 377 g/mol. The van der Waals surface area contributed by atoms with E-state index in [4.69, 9.17) is 11.6 Å². The molecule has 0 aliphatic carbocycles. The number of nitrogens with zero attached hydrogens (tertiary/aromatic N) is 4. The smallest absolute Gasteiger partial charge is 0.234 e. The molecule has 0 saturated heterocycles. The number of tetrazole rings is 1. The quantitative estimate of drug-likeness (QED) is 0.689. The fourth-order valence-electron chi connectivity index (χ4n) is 2.08. The summed E-state index contributed by atoms with van der Waals surface area (Å²) < 4.78 is 14.7. The highest BCUT2D eigenvalue weighted by atomic mass is 35.5. The molecule has 0 aliphatic heterocycles. The van der Waals surface area contributed by atoms with E-state index in [0.717, 1.165) is 17.3 Å². The Morgan fingerprint density at radius 1 is 1.32 bits per heavy atom. The van der Waals surface area contributed by atoms with Gasteiger partial charge in [-0.15, -0.1) is 5.10 Å². The number of benzene rings is 2. The Hall–Kier alpha value is -2.45. The Morgan fingerprint density at radius 3 is 2.96 bits per heavy atom. The van der Waals surface area contributed by atoms with Gasteiger partial charge in [0, 0.05) is 10.7 Å². The predicted molar refractivity (Wildman–Crippen MR) is 94.7 cm³/mol. The van der Waals surface area contributed by atoms with Crippen LogP contribution in [0.4, 0.5) is 10.1 Å². The van der Waals surface area contributed by atoms with Crippen LogP contribution in [0.5, 0.6) is 0 Å². The molecule has 1 amide bonds. The minimum atomic E-state index is -0.391. The molecule has 0 radical (unpaired) electrons. The molecule has 0 saturated carbocycles. The Bertz CT molecular complexity index is 917. The number of hydrogen-bond acceptors (Lipinski definition) is 5. The summed E-state index contributed by atoms with van der Waals surface area (Å²) in [6.45, 7) is 1.88. The third-order valence-corrected chi connectivity index (χ3v) is 4.45. The minimum Gasteiger partial charge on any atom is -0.325 e. The molecule has 3 rings (SSSR count). The summed E-state index contributed by atoms with van der Waals surface area (Å²) in [6.07, 6.45) is 0. The van der Waals surface area contributed by atoms with E-state index in [1.165, 1.54) is 16.8 Å². The lowest BCUT2D eigenvalue weighted by molar-refractivity contribution is -0.113. The highest BCUT2D eigenvalue weighted by Crippen LogP contribution is 2.22. The van der Waals surface area contributed by atoms with Crippen LogP contribution in [-0.4, -0.2) is 31.9 Å². The molecule has 2 aromatic carbocycles. The second-order valence-electron chi connectivity index (χ2n) is 5.15. The van der Waals surface area contributed by atoms with Crippen molar-refractivity contribution in [1.29, 1.82) is 0 Å². The number of aromatic nitrogens is 4. The molecule has 25 heavy (non-hydrogen) atoms. The average molecular weight is 378 g/mol. The Balaban J connectivity index is 1.67. The highest BCUT2D eigenvalue weighted by Gasteiger charge is 2.13. The van der Waals surface area contributed by atoms with Gasteiger partial charge in [0.05, 0.1) is 11.4 Å². The van der Waals surface area contributed by atoms with Gasteiger partial charge < -0.3 is 5.32 Å². The van der Waals surface area contributed by atoms with Crippen LogP contribution in [-0.2, 0) is 4.79 Å². The van der Waals surface area contributed by atoms with E-state index >= 15 is 0 Å². The Labute approximate surface area is 152 Å². The molecule has 0 spiro atoms. The molecule has 0 unspecified atom stereocenters. The molecule has 0 fully saturated rings. The molecular formula is C16H13ClFN5OS.